The van der Waals surface area contributed by atoms with Crippen LogP contribution in [0.5, 0.6) is 5.75 Å². The summed E-state index contributed by atoms with van der Waals surface area (Å²) in [4.78, 5) is 14.4. The number of H-pyrrole nitrogens is 1. The lowest BCUT2D eigenvalue weighted by Crippen LogP contribution is -2.50. The van der Waals surface area contributed by atoms with Gasteiger partial charge >= 0.3 is 12.1 Å². The molecule has 8 heteroatoms. The largest absolute Gasteiger partial charge is 0.497 e. The van der Waals surface area contributed by atoms with E-state index in [2.05, 4.69) is 9.72 Å². The molecule has 0 spiro atoms. The zero-order chi connectivity index (χ0) is 16.5. The maximum atomic E-state index is 13.4. The zero-order valence-electron chi connectivity index (χ0n) is 11.8. The van der Waals surface area contributed by atoms with E-state index < -0.39 is 23.3 Å². The van der Waals surface area contributed by atoms with E-state index >= 15 is 0 Å². The fraction of sp³-hybridized carbons (Fsp3) is 0.357. The number of carbonyl (C=O) groups is 1. The van der Waals surface area contributed by atoms with Gasteiger partial charge in [0.05, 0.1) is 13.7 Å². The number of fused-ring (bicyclic) bond motifs is 1. The molecule has 5 nitrogen and oxygen atoms in total. The first-order valence-corrected chi connectivity index (χ1v) is 6.37. The van der Waals surface area contributed by atoms with Crippen LogP contribution in [0.25, 0.3) is 10.9 Å². The molecule has 0 saturated heterocycles. The Kier molecular flexibility index (Phi) is 4.06. The SMILES string of the molecule is CCOC(=O)[C@](O)(c1c[nH]c2ccc(OC)cc12)C(F)(F)F. The van der Waals surface area contributed by atoms with E-state index in [1.54, 1.807) is 6.07 Å². The summed E-state index contributed by atoms with van der Waals surface area (Å²) in [6.45, 7) is 1.07. The highest BCUT2D eigenvalue weighted by Crippen LogP contribution is 2.43. The van der Waals surface area contributed by atoms with Crippen molar-refractivity contribution in [2.24, 2.45) is 0 Å². The third-order valence-corrected chi connectivity index (χ3v) is 3.26. The highest BCUT2D eigenvalue weighted by molar-refractivity contribution is 5.93. The van der Waals surface area contributed by atoms with Crippen LogP contribution in [-0.2, 0) is 15.1 Å². The zero-order valence-corrected chi connectivity index (χ0v) is 11.8. The minimum Gasteiger partial charge on any atom is -0.497 e. The molecule has 0 bridgehead atoms. The van der Waals surface area contributed by atoms with Crippen LogP contribution in [-0.4, -0.2) is 36.0 Å². The lowest BCUT2D eigenvalue weighted by atomic mass is 9.92. The lowest BCUT2D eigenvalue weighted by molar-refractivity contribution is -0.267. The molecule has 0 saturated carbocycles. The number of aliphatic hydroxyl groups is 1. The number of aromatic amines is 1. The molecular weight excluding hydrogens is 303 g/mol. The van der Waals surface area contributed by atoms with Crippen LogP contribution in [0.1, 0.15) is 12.5 Å². The fourth-order valence-corrected chi connectivity index (χ4v) is 2.14. The number of nitrogens with one attached hydrogen (secondary N) is 1. The van der Waals surface area contributed by atoms with Gasteiger partial charge < -0.3 is 19.6 Å². The smallest absolute Gasteiger partial charge is 0.432 e. The standard InChI is InChI=1S/C14H14F3NO4/c1-3-22-12(19)13(20,14(15,16)17)10-7-18-11-5-4-8(21-2)6-9(10)11/h4-7,18,20H,3H2,1-2H3/t13-/m1/s1. The Morgan fingerprint density at radius 2 is 2.05 bits per heavy atom. The summed E-state index contributed by atoms with van der Waals surface area (Å²) in [7, 11) is 1.36. The first kappa shape index (κ1) is 16.2. The van der Waals surface area contributed by atoms with E-state index in [4.69, 9.17) is 4.74 Å². The van der Waals surface area contributed by atoms with Gasteiger partial charge in [0, 0.05) is 22.7 Å². The molecule has 1 heterocycles. The molecule has 120 valence electrons. The van der Waals surface area contributed by atoms with Crippen LogP contribution >= 0.6 is 0 Å². The average Bonchev–Trinajstić information content (AvgIpc) is 2.88. The maximum Gasteiger partial charge on any atom is 0.432 e. The number of methoxy groups -OCH3 is 1. The Hall–Kier alpha value is -2.22. The Morgan fingerprint density at radius 3 is 2.59 bits per heavy atom. The number of carbonyl (C=O) groups excluding carboxylic acids is 1. The highest BCUT2D eigenvalue weighted by Gasteiger charge is 2.63. The predicted octanol–water partition coefficient (Wildman–Crippen LogP) is 2.49. The topological polar surface area (TPSA) is 71.5 Å². The molecule has 1 aromatic heterocycles. The average molecular weight is 317 g/mol. The Balaban J connectivity index is 2.69. The number of halogens is 3. The van der Waals surface area contributed by atoms with E-state index in [-0.39, 0.29) is 12.0 Å². The van der Waals surface area contributed by atoms with Crippen molar-refractivity contribution in [1.82, 2.24) is 4.98 Å². The van der Waals surface area contributed by atoms with Gasteiger partial charge in [-0.2, -0.15) is 13.2 Å². The number of rotatable bonds is 4. The molecule has 0 aliphatic carbocycles. The van der Waals surface area contributed by atoms with Crippen LogP contribution in [0.15, 0.2) is 24.4 Å². The number of hydrogen-bond donors (Lipinski definition) is 2. The van der Waals surface area contributed by atoms with E-state index in [9.17, 15) is 23.1 Å². The lowest BCUT2D eigenvalue weighted by Gasteiger charge is -2.27. The molecule has 0 radical (unpaired) electrons. The third-order valence-electron chi connectivity index (χ3n) is 3.26. The van der Waals surface area contributed by atoms with Crippen LogP contribution in [0, 0.1) is 0 Å². The minimum absolute atomic E-state index is 0.0206. The van der Waals surface area contributed by atoms with Crippen LogP contribution in [0.3, 0.4) is 0 Å². The summed E-state index contributed by atoms with van der Waals surface area (Å²) in [5.41, 5.74) is -4.07. The van der Waals surface area contributed by atoms with Crippen molar-refractivity contribution in [1.29, 1.82) is 0 Å². The monoisotopic (exact) mass is 317 g/mol. The Morgan fingerprint density at radius 1 is 1.36 bits per heavy atom. The predicted molar refractivity (Wildman–Crippen MR) is 71.4 cm³/mol. The number of hydrogen-bond acceptors (Lipinski definition) is 4. The fourth-order valence-electron chi connectivity index (χ4n) is 2.14. The van der Waals surface area contributed by atoms with Crippen molar-refractivity contribution < 1.29 is 32.5 Å². The van der Waals surface area contributed by atoms with E-state index in [0.717, 1.165) is 6.20 Å². The molecule has 2 N–H and O–H groups in total. The normalized spacial score (nSPS) is 14.6. The second-order valence-electron chi connectivity index (χ2n) is 4.54. The first-order chi connectivity index (χ1) is 10.3. The van der Waals surface area contributed by atoms with Crippen molar-refractivity contribution in [3.05, 3.63) is 30.0 Å². The third kappa shape index (κ3) is 2.39. The van der Waals surface area contributed by atoms with Gasteiger partial charge in [0.15, 0.2) is 0 Å². The quantitative estimate of drug-likeness (QED) is 0.850. The maximum absolute atomic E-state index is 13.4. The van der Waals surface area contributed by atoms with Crippen molar-refractivity contribution in [2.45, 2.75) is 18.7 Å². The number of esters is 1. The number of ether oxygens (including phenoxy) is 2. The Labute approximate surface area is 123 Å². The van der Waals surface area contributed by atoms with E-state index in [1.165, 1.54) is 26.2 Å². The van der Waals surface area contributed by atoms with Crippen molar-refractivity contribution in [3.63, 3.8) is 0 Å². The van der Waals surface area contributed by atoms with Crippen LogP contribution < -0.4 is 4.74 Å². The molecule has 2 aromatic rings. The van der Waals surface area contributed by atoms with Gasteiger partial charge in [-0.15, -0.1) is 0 Å². The van der Waals surface area contributed by atoms with E-state index in [0.29, 0.717) is 11.3 Å². The van der Waals surface area contributed by atoms with Crippen molar-refractivity contribution >= 4 is 16.9 Å². The van der Waals surface area contributed by atoms with Crippen molar-refractivity contribution in [3.8, 4) is 5.75 Å². The minimum atomic E-state index is -5.24. The molecule has 1 atom stereocenters. The van der Waals surface area contributed by atoms with Gasteiger partial charge in [-0.3, -0.25) is 0 Å². The van der Waals surface area contributed by atoms with Gasteiger partial charge in [-0.1, -0.05) is 0 Å². The van der Waals surface area contributed by atoms with Gasteiger partial charge in [0.2, 0.25) is 0 Å². The second kappa shape index (κ2) is 5.53. The molecule has 0 unspecified atom stereocenters. The van der Waals surface area contributed by atoms with Crippen molar-refractivity contribution in [2.75, 3.05) is 13.7 Å². The summed E-state index contributed by atoms with van der Waals surface area (Å²) < 4.78 is 49.4. The van der Waals surface area contributed by atoms with Crippen LogP contribution in [0.4, 0.5) is 13.2 Å². The highest BCUT2D eigenvalue weighted by atomic mass is 19.4. The molecule has 22 heavy (non-hydrogen) atoms. The first-order valence-electron chi connectivity index (χ1n) is 6.37. The molecule has 0 aliphatic rings. The summed E-state index contributed by atoms with van der Waals surface area (Å²) >= 11 is 0. The van der Waals surface area contributed by atoms with Gasteiger partial charge in [0.25, 0.3) is 5.60 Å². The van der Waals surface area contributed by atoms with Crippen LogP contribution in [0.2, 0.25) is 0 Å². The molecule has 0 fully saturated rings. The van der Waals surface area contributed by atoms with Gasteiger partial charge in [0.1, 0.15) is 5.75 Å². The molecule has 0 amide bonds. The van der Waals surface area contributed by atoms with E-state index in [1.807, 2.05) is 0 Å². The summed E-state index contributed by atoms with van der Waals surface area (Å²) in [6, 6.07) is 4.33. The number of alkyl halides is 3. The van der Waals surface area contributed by atoms with Gasteiger partial charge in [-0.05, 0) is 25.1 Å². The molecule has 0 aliphatic heterocycles. The molecule has 1 aromatic carbocycles. The summed E-state index contributed by atoms with van der Waals surface area (Å²) in [5.74, 6) is -1.48. The molecular formula is C14H14F3NO4. The molecule has 2 rings (SSSR count). The summed E-state index contributed by atoms with van der Waals surface area (Å²) in [6.07, 6.45) is -4.30. The number of benzene rings is 1. The Bertz CT molecular complexity index is 695. The van der Waals surface area contributed by atoms with Gasteiger partial charge in [-0.25, -0.2) is 4.79 Å². The second-order valence-corrected chi connectivity index (χ2v) is 4.54. The summed E-state index contributed by atoms with van der Waals surface area (Å²) in [5, 5.41) is 10.1. The number of aromatic nitrogens is 1.